The van der Waals surface area contributed by atoms with Gasteiger partial charge in [-0.05, 0) is 31.5 Å². The number of anilines is 1. The van der Waals surface area contributed by atoms with Crippen molar-refractivity contribution in [2.75, 3.05) is 38.6 Å². The fourth-order valence-electron chi connectivity index (χ4n) is 2.35. The van der Waals surface area contributed by atoms with Crippen molar-refractivity contribution in [3.05, 3.63) is 24.3 Å². The Labute approximate surface area is 115 Å². The van der Waals surface area contributed by atoms with Crippen molar-refractivity contribution < 1.29 is 9.47 Å². The third kappa shape index (κ3) is 4.40. The lowest BCUT2D eigenvalue weighted by Gasteiger charge is -2.23. The van der Waals surface area contributed by atoms with Gasteiger partial charge in [-0.1, -0.05) is 19.1 Å². The smallest absolute Gasteiger partial charge is 0.142 e. The van der Waals surface area contributed by atoms with Crippen LogP contribution in [0.5, 0.6) is 5.75 Å². The molecule has 4 heteroatoms. The topological polar surface area (TPSA) is 47.7 Å². The Hall–Kier alpha value is -1.26. The Morgan fingerprint density at radius 1 is 1.42 bits per heavy atom. The highest BCUT2D eigenvalue weighted by Gasteiger charge is 2.18. The molecule has 0 spiro atoms. The number of hydrogen-bond acceptors (Lipinski definition) is 4. The fourth-order valence-corrected chi connectivity index (χ4v) is 2.35. The first-order valence-corrected chi connectivity index (χ1v) is 7.11. The summed E-state index contributed by atoms with van der Waals surface area (Å²) in [6, 6.07) is 7.62. The zero-order valence-electron chi connectivity index (χ0n) is 11.7. The largest absolute Gasteiger partial charge is 0.490 e. The van der Waals surface area contributed by atoms with Crippen LogP contribution in [0.1, 0.15) is 19.8 Å². The molecule has 1 aliphatic heterocycles. The molecule has 19 heavy (non-hydrogen) atoms. The maximum Gasteiger partial charge on any atom is 0.142 e. The Balaban J connectivity index is 1.72. The van der Waals surface area contributed by atoms with Gasteiger partial charge in [0.15, 0.2) is 0 Å². The molecule has 106 valence electrons. The number of nitrogens with zero attached hydrogens (tertiary/aromatic N) is 1. The van der Waals surface area contributed by atoms with E-state index in [0.717, 1.165) is 32.0 Å². The highest BCUT2D eigenvalue weighted by atomic mass is 16.5. The average molecular weight is 264 g/mol. The highest BCUT2D eigenvalue weighted by molar-refractivity contribution is 5.51. The molecule has 4 nitrogen and oxygen atoms in total. The van der Waals surface area contributed by atoms with E-state index in [0.29, 0.717) is 18.4 Å². The third-order valence-corrected chi connectivity index (χ3v) is 3.52. The standard InChI is InChI=1S/C15H24N2O2/c1-2-17(12-13-6-5-10-18-13)9-11-19-15-8-4-3-7-14(15)16/h3-4,7-8,13H,2,5-6,9-12,16H2,1H3. The molecule has 1 aromatic rings. The predicted molar refractivity (Wildman–Crippen MR) is 77.4 cm³/mol. The molecule has 1 aliphatic rings. The van der Waals surface area contributed by atoms with Gasteiger partial charge < -0.3 is 15.2 Å². The second-order valence-corrected chi connectivity index (χ2v) is 4.91. The monoisotopic (exact) mass is 264 g/mol. The molecule has 1 saturated heterocycles. The van der Waals surface area contributed by atoms with E-state index in [4.69, 9.17) is 15.2 Å². The zero-order valence-corrected chi connectivity index (χ0v) is 11.7. The first-order chi connectivity index (χ1) is 9.29. The third-order valence-electron chi connectivity index (χ3n) is 3.52. The van der Waals surface area contributed by atoms with Gasteiger partial charge in [0.25, 0.3) is 0 Å². The lowest BCUT2D eigenvalue weighted by atomic mass is 10.2. The van der Waals surface area contributed by atoms with Crippen LogP contribution in [-0.4, -0.2) is 43.9 Å². The molecule has 0 bridgehead atoms. The molecular formula is C15H24N2O2. The van der Waals surface area contributed by atoms with Crippen LogP contribution in [0, 0.1) is 0 Å². The van der Waals surface area contributed by atoms with E-state index in [2.05, 4.69) is 11.8 Å². The number of para-hydroxylation sites is 2. The van der Waals surface area contributed by atoms with Gasteiger partial charge in [0.1, 0.15) is 12.4 Å². The van der Waals surface area contributed by atoms with Crippen molar-refractivity contribution in [1.82, 2.24) is 4.90 Å². The van der Waals surface area contributed by atoms with Gasteiger partial charge in [-0.3, -0.25) is 4.90 Å². The van der Waals surface area contributed by atoms with Crippen molar-refractivity contribution in [1.29, 1.82) is 0 Å². The molecule has 1 unspecified atom stereocenters. The summed E-state index contributed by atoms with van der Waals surface area (Å²) >= 11 is 0. The molecule has 1 heterocycles. The lowest BCUT2D eigenvalue weighted by molar-refractivity contribution is 0.0701. The molecule has 0 radical (unpaired) electrons. The van der Waals surface area contributed by atoms with Gasteiger partial charge in [-0.25, -0.2) is 0 Å². The minimum Gasteiger partial charge on any atom is -0.490 e. The van der Waals surface area contributed by atoms with Crippen molar-refractivity contribution >= 4 is 5.69 Å². The van der Waals surface area contributed by atoms with Crippen LogP contribution in [0.15, 0.2) is 24.3 Å². The Kier molecular flexibility index (Phi) is 5.48. The van der Waals surface area contributed by atoms with Crippen LogP contribution >= 0.6 is 0 Å². The Bertz CT molecular complexity index is 378. The summed E-state index contributed by atoms with van der Waals surface area (Å²) in [6.07, 6.45) is 2.78. The van der Waals surface area contributed by atoms with Crippen LogP contribution in [0.3, 0.4) is 0 Å². The van der Waals surface area contributed by atoms with Crippen LogP contribution < -0.4 is 10.5 Å². The van der Waals surface area contributed by atoms with E-state index < -0.39 is 0 Å². The molecule has 1 atom stereocenters. The molecule has 2 rings (SSSR count). The molecule has 0 aromatic heterocycles. The van der Waals surface area contributed by atoms with Gasteiger partial charge >= 0.3 is 0 Å². The van der Waals surface area contributed by atoms with Gasteiger partial charge in [0.2, 0.25) is 0 Å². The SMILES string of the molecule is CCN(CCOc1ccccc1N)CC1CCCO1. The summed E-state index contributed by atoms with van der Waals surface area (Å²) < 4.78 is 11.4. The molecule has 2 N–H and O–H groups in total. The Morgan fingerprint density at radius 3 is 2.95 bits per heavy atom. The number of benzene rings is 1. The van der Waals surface area contributed by atoms with Crippen molar-refractivity contribution in [2.24, 2.45) is 0 Å². The summed E-state index contributed by atoms with van der Waals surface area (Å²) in [5, 5.41) is 0. The number of ether oxygens (including phenoxy) is 2. The average Bonchev–Trinajstić information content (AvgIpc) is 2.92. The molecular weight excluding hydrogens is 240 g/mol. The number of nitrogen functional groups attached to an aromatic ring is 1. The fraction of sp³-hybridized carbons (Fsp3) is 0.600. The Morgan fingerprint density at radius 2 is 2.26 bits per heavy atom. The van der Waals surface area contributed by atoms with E-state index in [1.165, 1.54) is 12.8 Å². The predicted octanol–water partition coefficient (Wildman–Crippen LogP) is 2.15. The minimum atomic E-state index is 0.404. The number of rotatable bonds is 7. The normalized spacial score (nSPS) is 18.9. The van der Waals surface area contributed by atoms with Crippen LogP contribution in [0.2, 0.25) is 0 Å². The first kappa shape index (κ1) is 14.2. The second kappa shape index (κ2) is 7.36. The van der Waals surface area contributed by atoms with E-state index in [1.54, 1.807) is 0 Å². The number of nitrogens with two attached hydrogens (primary N) is 1. The van der Waals surface area contributed by atoms with E-state index in [1.807, 2.05) is 24.3 Å². The molecule has 0 saturated carbocycles. The molecule has 1 aromatic carbocycles. The quantitative estimate of drug-likeness (QED) is 0.767. The second-order valence-electron chi connectivity index (χ2n) is 4.91. The van der Waals surface area contributed by atoms with Gasteiger partial charge in [-0.15, -0.1) is 0 Å². The molecule has 0 aliphatic carbocycles. The van der Waals surface area contributed by atoms with E-state index >= 15 is 0 Å². The summed E-state index contributed by atoms with van der Waals surface area (Å²) in [4.78, 5) is 2.37. The first-order valence-electron chi connectivity index (χ1n) is 7.11. The molecule has 1 fully saturated rings. The van der Waals surface area contributed by atoms with Crippen molar-refractivity contribution in [2.45, 2.75) is 25.9 Å². The van der Waals surface area contributed by atoms with Crippen LogP contribution in [0.4, 0.5) is 5.69 Å². The maximum atomic E-state index is 5.84. The van der Waals surface area contributed by atoms with Crippen LogP contribution in [-0.2, 0) is 4.74 Å². The van der Waals surface area contributed by atoms with Crippen LogP contribution in [0.25, 0.3) is 0 Å². The maximum absolute atomic E-state index is 5.84. The lowest BCUT2D eigenvalue weighted by Crippen LogP contribution is -2.35. The molecule has 0 amide bonds. The van der Waals surface area contributed by atoms with E-state index in [9.17, 15) is 0 Å². The number of hydrogen-bond donors (Lipinski definition) is 1. The summed E-state index contributed by atoms with van der Waals surface area (Å²) in [5.41, 5.74) is 6.54. The van der Waals surface area contributed by atoms with Crippen molar-refractivity contribution in [3.63, 3.8) is 0 Å². The van der Waals surface area contributed by atoms with Gasteiger partial charge in [-0.2, -0.15) is 0 Å². The summed E-state index contributed by atoms with van der Waals surface area (Å²) in [5.74, 6) is 0.774. The highest BCUT2D eigenvalue weighted by Crippen LogP contribution is 2.19. The summed E-state index contributed by atoms with van der Waals surface area (Å²) in [7, 11) is 0. The van der Waals surface area contributed by atoms with Gasteiger partial charge in [0, 0.05) is 19.7 Å². The summed E-state index contributed by atoms with van der Waals surface area (Å²) in [6.45, 7) is 6.68. The van der Waals surface area contributed by atoms with E-state index in [-0.39, 0.29) is 0 Å². The van der Waals surface area contributed by atoms with Gasteiger partial charge in [0.05, 0.1) is 11.8 Å². The zero-order chi connectivity index (χ0) is 13.5. The minimum absolute atomic E-state index is 0.404. The van der Waals surface area contributed by atoms with Crippen molar-refractivity contribution in [3.8, 4) is 5.75 Å². The number of likely N-dealkylation sites (N-methyl/N-ethyl adjacent to an activating group) is 1.